The normalized spacial score (nSPS) is 20.7. The van der Waals surface area contributed by atoms with Gasteiger partial charge in [-0.3, -0.25) is 0 Å². The number of nitrogens with zero attached hydrogens (tertiary/aromatic N) is 1. The predicted molar refractivity (Wildman–Crippen MR) is 34.9 cm³/mol. The summed E-state index contributed by atoms with van der Waals surface area (Å²) in [7, 11) is 0. The van der Waals surface area contributed by atoms with Crippen LogP contribution in [0.3, 0.4) is 0 Å². The van der Waals surface area contributed by atoms with Gasteiger partial charge in [0.05, 0.1) is 0 Å². The van der Waals surface area contributed by atoms with Gasteiger partial charge in [0, 0.05) is 0 Å². The molecule has 1 aliphatic heterocycles. The molecule has 1 nitrogen and oxygen atoms in total. The highest BCUT2D eigenvalue weighted by molar-refractivity contribution is 6.58. The molecular formula is C5H10BF3N-. The standard InChI is InChI=1S/C5H10BF3N/c7-6(8,9)2-5-10-3-1-4-10/h1-5H2/q-1. The van der Waals surface area contributed by atoms with Crippen LogP contribution < -0.4 is 0 Å². The summed E-state index contributed by atoms with van der Waals surface area (Å²) in [5.74, 6) is 0. The zero-order chi connectivity index (χ0) is 7.61. The quantitative estimate of drug-likeness (QED) is 0.554. The maximum atomic E-state index is 11.6. The van der Waals surface area contributed by atoms with Crippen molar-refractivity contribution in [2.75, 3.05) is 19.6 Å². The Balaban J connectivity index is 2.04. The van der Waals surface area contributed by atoms with Crippen LogP contribution in [0.2, 0.25) is 6.32 Å². The summed E-state index contributed by atoms with van der Waals surface area (Å²) in [4.78, 5) is 1.83. The highest BCUT2D eigenvalue weighted by Gasteiger charge is 2.24. The Morgan fingerprint density at radius 1 is 1.20 bits per heavy atom. The van der Waals surface area contributed by atoms with Gasteiger partial charge in [-0.1, -0.05) is 6.32 Å². The Labute approximate surface area is 58.3 Å². The lowest BCUT2D eigenvalue weighted by Gasteiger charge is -2.32. The van der Waals surface area contributed by atoms with Crippen molar-refractivity contribution in [3.8, 4) is 0 Å². The number of hydrogen-bond acceptors (Lipinski definition) is 1. The van der Waals surface area contributed by atoms with E-state index in [0.29, 0.717) is 0 Å². The molecule has 1 aliphatic rings. The molecule has 0 unspecified atom stereocenters. The van der Waals surface area contributed by atoms with Crippen LogP contribution in [-0.2, 0) is 0 Å². The van der Waals surface area contributed by atoms with E-state index in [4.69, 9.17) is 0 Å². The molecule has 0 bridgehead atoms. The van der Waals surface area contributed by atoms with Crippen molar-refractivity contribution in [3.05, 3.63) is 0 Å². The second-order valence-corrected chi connectivity index (χ2v) is 2.69. The summed E-state index contributed by atoms with van der Waals surface area (Å²) in [5.41, 5.74) is 0. The molecule has 5 heteroatoms. The number of likely N-dealkylation sites (tertiary alicyclic amines) is 1. The van der Waals surface area contributed by atoms with E-state index in [9.17, 15) is 12.9 Å². The average Bonchev–Trinajstić information content (AvgIpc) is 1.56. The van der Waals surface area contributed by atoms with Crippen LogP contribution in [0.1, 0.15) is 6.42 Å². The number of hydrogen-bond donors (Lipinski definition) is 0. The van der Waals surface area contributed by atoms with Crippen LogP contribution in [0.4, 0.5) is 12.9 Å². The average molecular weight is 152 g/mol. The van der Waals surface area contributed by atoms with E-state index in [1.165, 1.54) is 0 Å². The monoisotopic (exact) mass is 152 g/mol. The Hall–Kier alpha value is -0.185. The minimum atomic E-state index is -4.55. The molecule has 0 aliphatic carbocycles. The van der Waals surface area contributed by atoms with E-state index < -0.39 is 13.3 Å². The van der Waals surface area contributed by atoms with Crippen molar-refractivity contribution in [1.82, 2.24) is 4.90 Å². The first-order valence-electron chi connectivity index (χ1n) is 3.51. The van der Waals surface area contributed by atoms with Crippen molar-refractivity contribution in [1.29, 1.82) is 0 Å². The molecule has 0 aromatic rings. The zero-order valence-electron chi connectivity index (χ0n) is 5.69. The van der Waals surface area contributed by atoms with Crippen molar-refractivity contribution in [2.24, 2.45) is 0 Å². The van der Waals surface area contributed by atoms with Crippen LogP contribution in [0.25, 0.3) is 0 Å². The second kappa shape index (κ2) is 2.82. The Kier molecular flexibility index (Phi) is 2.23. The highest BCUT2D eigenvalue weighted by atomic mass is 19.4. The highest BCUT2D eigenvalue weighted by Crippen LogP contribution is 2.17. The third-order valence-electron chi connectivity index (χ3n) is 1.72. The number of halogens is 3. The summed E-state index contributed by atoms with van der Waals surface area (Å²) in [6.45, 7) is -2.63. The topological polar surface area (TPSA) is 3.24 Å². The fraction of sp³-hybridized carbons (Fsp3) is 1.00. The van der Waals surface area contributed by atoms with Crippen LogP contribution in [-0.4, -0.2) is 31.5 Å². The van der Waals surface area contributed by atoms with E-state index in [1.807, 2.05) is 4.90 Å². The maximum Gasteiger partial charge on any atom is 0.479 e. The summed E-state index contributed by atoms with van der Waals surface area (Å²) in [6.07, 6.45) is 0.463. The molecule has 1 saturated heterocycles. The van der Waals surface area contributed by atoms with Crippen molar-refractivity contribution in [2.45, 2.75) is 12.7 Å². The molecule has 0 radical (unpaired) electrons. The van der Waals surface area contributed by atoms with Gasteiger partial charge in [0.1, 0.15) is 0 Å². The third-order valence-corrected chi connectivity index (χ3v) is 1.72. The lowest BCUT2D eigenvalue weighted by atomic mass is 9.86. The molecular weight excluding hydrogens is 142 g/mol. The van der Waals surface area contributed by atoms with E-state index in [0.717, 1.165) is 19.5 Å². The smallest absolute Gasteiger partial charge is 0.449 e. The summed E-state index contributed by atoms with van der Waals surface area (Å²) in [5, 5.41) is 0. The maximum absolute atomic E-state index is 11.6. The SMILES string of the molecule is F[B-](F)(F)CCN1CCC1. The summed E-state index contributed by atoms with van der Waals surface area (Å²) >= 11 is 0. The van der Waals surface area contributed by atoms with Gasteiger partial charge >= 0.3 is 6.98 Å². The molecule has 1 heterocycles. The Bertz CT molecular complexity index is 110. The molecule has 0 aromatic heterocycles. The van der Waals surface area contributed by atoms with E-state index in [1.54, 1.807) is 0 Å². The van der Waals surface area contributed by atoms with Gasteiger partial charge in [-0.2, -0.15) is 0 Å². The molecule has 0 aromatic carbocycles. The molecule has 0 spiro atoms. The third kappa shape index (κ3) is 2.60. The molecule has 1 rings (SSSR count). The minimum absolute atomic E-state index is 0.212. The van der Waals surface area contributed by atoms with Gasteiger partial charge in [0.2, 0.25) is 0 Å². The van der Waals surface area contributed by atoms with Gasteiger partial charge in [0.15, 0.2) is 0 Å². The van der Waals surface area contributed by atoms with E-state index in [-0.39, 0.29) is 6.54 Å². The summed E-state index contributed by atoms with van der Waals surface area (Å²) in [6, 6.07) is 0. The molecule has 0 atom stereocenters. The fourth-order valence-electron chi connectivity index (χ4n) is 0.934. The van der Waals surface area contributed by atoms with Crippen LogP contribution in [0.15, 0.2) is 0 Å². The fourth-order valence-corrected chi connectivity index (χ4v) is 0.934. The first-order chi connectivity index (χ1) is 4.58. The lowest BCUT2D eigenvalue weighted by molar-refractivity contribution is 0.187. The molecule has 0 amide bonds. The van der Waals surface area contributed by atoms with Crippen LogP contribution >= 0.6 is 0 Å². The number of rotatable bonds is 3. The van der Waals surface area contributed by atoms with Crippen molar-refractivity contribution >= 4 is 6.98 Å². The van der Waals surface area contributed by atoms with Gasteiger partial charge < -0.3 is 17.8 Å². The zero-order valence-corrected chi connectivity index (χ0v) is 5.69. The Morgan fingerprint density at radius 2 is 1.80 bits per heavy atom. The van der Waals surface area contributed by atoms with Gasteiger partial charge in [-0.25, -0.2) is 0 Å². The van der Waals surface area contributed by atoms with E-state index in [2.05, 4.69) is 0 Å². The van der Waals surface area contributed by atoms with Gasteiger partial charge in [-0.15, -0.1) is 0 Å². The van der Waals surface area contributed by atoms with Crippen LogP contribution in [0, 0.1) is 0 Å². The molecule has 10 heavy (non-hydrogen) atoms. The minimum Gasteiger partial charge on any atom is -0.449 e. The van der Waals surface area contributed by atoms with Crippen LogP contribution in [0.5, 0.6) is 0 Å². The molecule has 0 saturated carbocycles. The predicted octanol–water partition coefficient (Wildman–Crippen LogP) is 1.54. The first kappa shape index (κ1) is 7.92. The summed E-state index contributed by atoms with van der Waals surface area (Å²) < 4.78 is 34.8. The van der Waals surface area contributed by atoms with Gasteiger partial charge in [-0.05, 0) is 26.1 Å². The second-order valence-electron chi connectivity index (χ2n) is 2.69. The largest absolute Gasteiger partial charge is 0.479 e. The van der Waals surface area contributed by atoms with Crippen molar-refractivity contribution in [3.63, 3.8) is 0 Å². The first-order valence-corrected chi connectivity index (χ1v) is 3.51. The van der Waals surface area contributed by atoms with Gasteiger partial charge in [0.25, 0.3) is 0 Å². The van der Waals surface area contributed by atoms with E-state index >= 15 is 0 Å². The van der Waals surface area contributed by atoms with Crippen molar-refractivity contribution < 1.29 is 12.9 Å². The molecule has 0 N–H and O–H groups in total. The Morgan fingerprint density at radius 3 is 2.10 bits per heavy atom. The molecule has 60 valence electrons. The lowest BCUT2D eigenvalue weighted by Crippen LogP contribution is -2.39. The molecule has 1 fully saturated rings.